The molecule has 0 unspecified atom stereocenters. The molecule has 122 valence electrons. The van der Waals surface area contributed by atoms with Gasteiger partial charge in [0.25, 0.3) is 5.56 Å². The molecular weight excluding hydrogens is 304 g/mol. The Morgan fingerprint density at radius 3 is 2.82 bits per heavy atom. The van der Waals surface area contributed by atoms with E-state index in [4.69, 9.17) is 8.92 Å². The summed E-state index contributed by atoms with van der Waals surface area (Å²) in [6.07, 6.45) is 3.81. The molecule has 0 amide bonds. The highest BCUT2D eigenvalue weighted by atomic mass is 32.2. The molecule has 1 aliphatic rings. The van der Waals surface area contributed by atoms with E-state index in [1.54, 1.807) is 17.7 Å². The van der Waals surface area contributed by atoms with E-state index in [1.165, 1.54) is 19.2 Å². The molecule has 0 aromatic carbocycles. The number of nitrogens with zero attached hydrogens (tertiary/aromatic N) is 1. The standard InChI is InChI=1S/C15H22N2O4S/c1-10(22-21-3)7-16-8-11-6-13(15(19)20-2)14(18)17(9-11)12-4-5-12/h6,9-10,12,16H,4-5,7-8H2,1-3H3/t10-/m0/s1. The van der Waals surface area contributed by atoms with Crippen molar-refractivity contribution < 1.29 is 13.7 Å². The third kappa shape index (κ3) is 4.34. The summed E-state index contributed by atoms with van der Waals surface area (Å²) in [7, 11) is 2.94. The van der Waals surface area contributed by atoms with Crippen LogP contribution < -0.4 is 10.9 Å². The molecule has 7 heteroatoms. The summed E-state index contributed by atoms with van der Waals surface area (Å²) in [5, 5.41) is 3.63. The Labute approximate surface area is 134 Å². The quantitative estimate of drug-likeness (QED) is 0.580. The van der Waals surface area contributed by atoms with Crippen LogP contribution in [0.4, 0.5) is 0 Å². The first kappa shape index (κ1) is 17.1. The second kappa shape index (κ2) is 7.80. The minimum atomic E-state index is -0.579. The van der Waals surface area contributed by atoms with E-state index in [9.17, 15) is 9.59 Å². The molecule has 1 fully saturated rings. The fraction of sp³-hybridized carbons (Fsp3) is 0.600. The van der Waals surface area contributed by atoms with Crippen molar-refractivity contribution in [2.75, 3.05) is 20.8 Å². The van der Waals surface area contributed by atoms with Crippen LogP contribution in [0.1, 0.15) is 41.7 Å². The van der Waals surface area contributed by atoms with Crippen LogP contribution in [0.5, 0.6) is 0 Å². The van der Waals surface area contributed by atoms with Gasteiger partial charge in [0, 0.05) is 30.6 Å². The Balaban J connectivity index is 2.12. The molecule has 22 heavy (non-hydrogen) atoms. The van der Waals surface area contributed by atoms with Gasteiger partial charge in [-0.1, -0.05) is 0 Å². The van der Waals surface area contributed by atoms with Gasteiger partial charge in [0.2, 0.25) is 0 Å². The van der Waals surface area contributed by atoms with Crippen LogP contribution in [0.15, 0.2) is 17.1 Å². The van der Waals surface area contributed by atoms with E-state index >= 15 is 0 Å². The molecular formula is C15H22N2O4S. The number of esters is 1. The van der Waals surface area contributed by atoms with Crippen molar-refractivity contribution in [1.82, 2.24) is 9.88 Å². The van der Waals surface area contributed by atoms with Crippen LogP contribution in [0, 0.1) is 0 Å². The van der Waals surface area contributed by atoms with Crippen LogP contribution >= 0.6 is 12.0 Å². The average molecular weight is 326 g/mol. The smallest absolute Gasteiger partial charge is 0.343 e. The first-order chi connectivity index (χ1) is 10.6. The van der Waals surface area contributed by atoms with Gasteiger partial charge in [-0.15, -0.1) is 0 Å². The maximum Gasteiger partial charge on any atom is 0.343 e. The first-order valence-corrected chi connectivity index (χ1v) is 8.10. The lowest BCUT2D eigenvalue weighted by Gasteiger charge is -2.13. The van der Waals surface area contributed by atoms with E-state index in [0.29, 0.717) is 11.8 Å². The predicted molar refractivity (Wildman–Crippen MR) is 86.1 cm³/mol. The topological polar surface area (TPSA) is 69.6 Å². The predicted octanol–water partition coefficient (Wildman–Crippen LogP) is 1.74. The first-order valence-electron chi connectivity index (χ1n) is 7.30. The minimum absolute atomic E-state index is 0.105. The number of carbonyl (C=O) groups excluding carboxylic acids is 1. The lowest BCUT2D eigenvalue weighted by molar-refractivity contribution is 0.0597. The number of methoxy groups -OCH3 is 1. The molecule has 1 saturated carbocycles. The number of aromatic nitrogens is 1. The van der Waals surface area contributed by atoms with Crippen molar-refractivity contribution in [2.24, 2.45) is 0 Å². The zero-order chi connectivity index (χ0) is 16.1. The third-order valence-corrected chi connectivity index (χ3v) is 4.15. The molecule has 6 nitrogen and oxygen atoms in total. The van der Waals surface area contributed by atoms with Crippen LogP contribution in [-0.4, -0.2) is 36.6 Å². The van der Waals surface area contributed by atoms with E-state index in [0.717, 1.165) is 24.9 Å². The second-order valence-electron chi connectivity index (χ2n) is 5.40. The molecule has 1 heterocycles. The van der Waals surface area contributed by atoms with E-state index in [2.05, 4.69) is 12.2 Å². The lowest BCUT2D eigenvalue weighted by Crippen LogP contribution is -2.28. The van der Waals surface area contributed by atoms with Gasteiger partial charge in [-0.05, 0) is 43.4 Å². The number of nitrogens with one attached hydrogen (secondary N) is 1. The van der Waals surface area contributed by atoms with Crippen molar-refractivity contribution in [3.63, 3.8) is 0 Å². The maximum atomic E-state index is 12.3. The van der Waals surface area contributed by atoms with Gasteiger partial charge in [0.05, 0.1) is 14.2 Å². The summed E-state index contributed by atoms with van der Waals surface area (Å²) in [5.41, 5.74) is 0.746. The number of hydrogen-bond donors (Lipinski definition) is 1. The van der Waals surface area contributed by atoms with Crippen LogP contribution in [0.25, 0.3) is 0 Å². The number of rotatable bonds is 8. The van der Waals surface area contributed by atoms with Gasteiger partial charge in [0.15, 0.2) is 0 Å². The molecule has 0 aliphatic heterocycles. The zero-order valence-electron chi connectivity index (χ0n) is 13.1. The minimum Gasteiger partial charge on any atom is -0.465 e. The Hall–Kier alpha value is -1.31. The highest BCUT2D eigenvalue weighted by molar-refractivity contribution is 7.95. The molecule has 1 aliphatic carbocycles. The molecule has 2 rings (SSSR count). The van der Waals surface area contributed by atoms with Gasteiger partial charge in [-0.25, -0.2) is 4.79 Å². The molecule has 1 atom stereocenters. The van der Waals surface area contributed by atoms with Crippen LogP contribution in [-0.2, 0) is 15.5 Å². The fourth-order valence-corrected chi connectivity index (χ4v) is 2.77. The van der Waals surface area contributed by atoms with Crippen LogP contribution in [0.2, 0.25) is 0 Å². The van der Waals surface area contributed by atoms with Gasteiger partial charge in [0.1, 0.15) is 5.56 Å². The molecule has 0 bridgehead atoms. The highest BCUT2D eigenvalue weighted by Crippen LogP contribution is 2.33. The number of pyridine rings is 1. The molecule has 0 radical (unpaired) electrons. The highest BCUT2D eigenvalue weighted by Gasteiger charge is 2.27. The van der Waals surface area contributed by atoms with Crippen LogP contribution in [0.3, 0.4) is 0 Å². The summed E-state index contributed by atoms with van der Waals surface area (Å²) >= 11 is 1.41. The molecule has 1 N–H and O–H groups in total. The molecule has 1 aromatic heterocycles. The summed E-state index contributed by atoms with van der Waals surface area (Å²) in [6, 6.07) is 1.84. The summed E-state index contributed by atoms with van der Waals surface area (Å²) < 4.78 is 11.4. The Morgan fingerprint density at radius 1 is 1.50 bits per heavy atom. The summed E-state index contributed by atoms with van der Waals surface area (Å²) in [6.45, 7) is 3.42. The second-order valence-corrected chi connectivity index (χ2v) is 6.73. The Bertz CT molecular complexity index is 583. The number of ether oxygens (including phenoxy) is 1. The van der Waals surface area contributed by atoms with Crippen molar-refractivity contribution >= 4 is 18.0 Å². The molecule has 0 saturated heterocycles. The van der Waals surface area contributed by atoms with Crippen molar-refractivity contribution in [3.8, 4) is 0 Å². The zero-order valence-corrected chi connectivity index (χ0v) is 13.9. The largest absolute Gasteiger partial charge is 0.465 e. The van der Waals surface area contributed by atoms with Gasteiger partial charge >= 0.3 is 5.97 Å². The van der Waals surface area contributed by atoms with Gasteiger partial charge in [-0.3, -0.25) is 4.79 Å². The molecule has 0 spiro atoms. The van der Waals surface area contributed by atoms with E-state index in [-0.39, 0.29) is 17.2 Å². The van der Waals surface area contributed by atoms with E-state index in [1.807, 2.05) is 6.20 Å². The van der Waals surface area contributed by atoms with Crippen molar-refractivity contribution in [1.29, 1.82) is 0 Å². The van der Waals surface area contributed by atoms with Gasteiger partial charge < -0.3 is 18.8 Å². The molecule has 1 aromatic rings. The maximum absolute atomic E-state index is 12.3. The summed E-state index contributed by atoms with van der Waals surface area (Å²) in [4.78, 5) is 24.1. The average Bonchev–Trinajstić information content (AvgIpc) is 3.32. The lowest BCUT2D eigenvalue weighted by atomic mass is 10.2. The number of hydrogen-bond acceptors (Lipinski definition) is 6. The monoisotopic (exact) mass is 326 g/mol. The third-order valence-electron chi connectivity index (χ3n) is 3.47. The Kier molecular flexibility index (Phi) is 6.05. The van der Waals surface area contributed by atoms with E-state index < -0.39 is 5.97 Å². The fourth-order valence-electron chi connectivity index (χ4n) is 2.26. The Morgan fingerprint density at radius 2 is 2.23 bits per heavy atom. The van der Waals surface area contributed by atoms with Gasteiger partial charge in [-0.2, -0.15) is 0 Å². The van der Waals surface area contributed by atoms with Crippen molar-refractivity contribution in [2.45, 2.75) is 37.6 Å². The SMILES string of the molecule is COS[C@@H](C)CNCc1cc(C(=O)OC)c(=O)n(C2CC2)c1. The van der Waals surface area contributed by atoms with Crippen molar-refractivity contribution in [3.05, 3.63) is 33.7 Å². The number of carbonyl (C=O) groups is 1. The normalized spacial score (nSPS) is 15.6. The summed E-state index contributed by atoms with van der Waals surface area (Å²) in [5.74, 6) is -0.579.